The van der Waals surface area contributed by atoms with E-state index in [4.69, 9.17) is 11.6 Å². The first-order valence-electron chi connectivity index (χ1n) is 7.94. The highest BCUT2D eigenvalue weighted by Crippen LogP contribution is 2.27. The average Bonchev–Trinajstić information content (AvgIpc) is 3.11. The van der Waals surface area contributed by atoms with Gasteiger partial charge in [0.15, 0.2) is 15.0 Å². The van der Waals surface area contributed by atoms with Crippen LogP contribution in [0.5, 0.6) is 0 Å². The van der Waals surface area contributed by atoms with Crippen molar-refractivity contribution in [2.24, 2.45) is 0 Å². The Kier molecular flexibility index (Phi) is 6.07. The SMILES string of the molecule is O=C(CCS(=O)(=O)c1ccc(Cl)cc1)Nc1nc(-c2cc(F)ccc2F)cs1. The molecule has 0 atom stereocenters. The number of nitrogens with one attached hydrogen (secondary N) is 1. The van der Waals surface area contributed by atoms with Gasteiger partial charge in [0.2, 0.25) is 5.91 Å². The molecular formula is C18H13ClF2N2O3S2. The van der Waals surface area contributed by atoms with E-state index in [1.165, 1.54) is 29.6 Å². The van der Waals surface area contributed by atoms with Crippen LogP contribution in [-0.4, -0.2) is 25.1 Å². The molecule has 3 aromatic rings. The number of hydrogen-bond acceptors (Lipinski definition) is 5. The maximum absolute atomic E-state index is 13.8. The molecule has 0 radical (unpaired) electrons. The Morgan fingerprint density at radius 2 is 1.86 bits per heavy atom. The van der Waals surface area contributed by atoms with Crippen LogP contribution in [0.2, 0.25) is 5.02 Å². The Hall–Kier alpha value is -2.36. The van der Waals surface area contributed by atoms with E-state index in [1.54, 1.807) is 0 Å². The summed E-state index contributed by atoms with van der Waals surface area (Å²) in [6, 6.07) is 8.65. The number of carbonyl (C=O) groups excluding carboxylic acids is 1. The summed E-state index contributed by atoms with van der Waals surface area (Å²) in [6.07, 6.45) is -0.284. The Bertz CT molecular complexity index is 1120. The van der Waals surface area contributed by atoms with Gasteiger partial charge in [-0.3, -0.25) is 4.79 Å². The van der Waals surface area contributed by atoms with Crippen molar-refractivity contribution < 1.29 is 22.0 Å². The molecule has 0 aliphatic carbocycles. The van der Waals surface area contributed by atoms with E-state index in [2.05, 4.69) is 10.3 Å². The molecule has 0 fully saturated rings. The van der Waals surface area contributed by atoms with Gasteiger partial charge in [0.25, 0.3) is 0 Å². The highest BCUT2D eigenvalue weighted by molar-refractivity contribution is 7.91. The molecule has 1 amide bonds. The number of nitrogens with zero attached hydrogens (tertiary/aromatic N) is 1. The molecular weight excluding hydrogens is 430 g/mol. The number of carbonyl (C=O) groups is 1. The summed E-state index contributed by atoms with van der Waals surface area (Å²) in [7, 11) is -3.64. The molecule has 2 aromatic carbocycles. The molecule has 0 aliphatic rings. The molecule has 5 nitrogen and oxygen atoms in total. The third kappa shape index (κ3) is 4.92. The minimum Gasteiger partial charge on any atom is -0.302 e. The van der Waals surface area contributed by atoms with Gasteiger partial charge in [0.1, 0.15) is 11.6 Å². The second-order valence-electron chi connectivity index (χ2n) is 5.73. The Morgan fingerprint density at radius 3 is 2.57 bits per heavy atom. The first kappa shape index (κ1) is 20.4. The van der Waals surface area contributed by atoms with Crippen LogP contribution in [0.4, 0.5) is 13.9 Å². The predicted molar refractivity (Wildman–Crippen MR) is 104 cm³/mol. The van der Waals surface area contributed by atoms with Crippen molar-refractivity contribution in [3.63, 3.8) is 0 Å². The normalized spacial score (nSPS) is 11.4. The number of anilines is 1. The maximum Gasteiger partial charge on any atom is 0.227 e. The molecule has 1 aromatic heterocycles. The lowest BCUT2D eigenvalue weighted by molar-refractivity contribution is -0.115. The smallest absolute Gasteiger partial charge is 0.227 e. The fourth-order valence-corrected chi connectivity index (χ4v) is 4.41. The van der Waals surface area contributed by atoms with Crippen LogP contribution in [-0.2, 0) is 14.6 Å². The quantitative estimate of drug-likeness (QED) is 0.607. The molecule has 28 heavy (non-hydrogen) atoms. The minimum atomic E-state index is -3.64. The highest BCUT2D eigenvalue weighted by atomic mass is 35.5. The van der Waals surface area contributed by atoms with Gasteiger partial charge in [-0.05, 0) is 42.5 Å². The zero-order chi connectivity index (χ0) is 20.3. The van der Waals surface area contributed by atoms with Crippen LogP contribution in [0, 0.1) is 11.6 Å². The van der Waals surface area contributed by atoms with Crippen LogP contribution >= 0.6 is 22.9 Å². The van der Waals surface area contributed by atoms with Crippen molar-refractivity contribution in [3.8, 4) is 11.3 Å². The molecule has 10 heteroatoms. The Morgan fingerprint density at radius 1 is 1.14 bits per heavy atom. The van der Waals surface area contributed by atoms with Gasteiger partial charge in [0.05, 0.1) is 16.3 Å². The van der Waals surface area contributed by atoms with Crippen molar-refractivity contribution in [3.05, 3.63) is 64.5 Å². The minimum absolute atomic E-state index is 0.0259. The number of benzene rings is 2. The topological polar surface area (TPSA) is 76.1 Å². The lowest BCUT2D eigenvalue weighted by atomic mass is 10.1. The van der Waals surface area contributed by atoms with E-state index in [0.29, 0.717) is 5.02 Å². The van der Waals surface area contributed by atoms with Gasteiger partial charge in [0, 0.05) is 22.4 Å². The summed E-state index contributed by atoms with van der Waals surface area (Å²) < 4.78 is 51.6. The first-order chi connectivity index (χ1) is 13.2. The molecule has 0 aliphatic heterocycles. The number of amides is 1. The summed E-state index contributed by atoms with van der Waals surface area (Å²) in [5, 5.41) is 4.50. The lowest BCUT2D eigenvalue weighted by Crippen LogP contribution is -2.17. The second-order valence-corrected chi connectivity index (χ2v) is 9.14. The fourth-order valence-electron chi connectivity index (χ4n) is 2.32. The van der Waals surface area contributed by atoms with Crippen LogP contribution in [0.15, 0.2) is 52.7 Å². The number of aromatic nitrogens is 1. The number of sulfone groups is 1. The largest absolute Gasteiger partial charge is 0.302 e. The van der Waals surface area contributed by atoms with E-state index >= 15 is 0 Å². The van der Waals surface area contributed by atoms with Crippen molar-refractivity contribution >= 4 is 43.8 Å². The zero-order valence-corrected chi connectivity index (χ0v) is 16.5. The second kappa shape index (κ2) is 8.34. The first-order valence-corrected chi connectivity index (χ1v) is 10.8. The molecule has 1 N–H and O–H groups in total. The summed E-state index contributed by atoms with van der Waals surface area (Å²) in [5.41, 5.74) is 0.146. The van der Waals surface area contributed by atoms with Crippen LogP contribution < -0.4 is 5.32 Å². The summed E-state index contributed by atoms with van der Waals surface area (Å²) in [5.74, 6) is -2.20. The molecule has 0 bridgehead atoms. The fraction of sp³-hybridized carbons (Fsp3) is 0.111. The number of rotatable bonds is 6. The maximum atomic E-state index is 13.8. The average molecular weight is 443 g/mol. The van der Waals surface area contributed by atoms with Crippen molar-refractivity contribution in [1.82, 2.24) is 4.98 Å². The summed E-state index contributed by atoms with van der Waals surface area (Å²) >= 11 is 6.76. The standard InChI is InChI=1S/C18H13ClF2N2O3S2/c19-11-1-4-13(5-2-11)28(25,26)8-7-17(24)23-18-22-16(10-27-18)14-9-12(20)3-6-15(14)21/h1-6,9-10H,7-8H2,(H,22,23,24). The summed E-state index contributed by atoms with van der Waals surface area (Å²) in [4.78, 5) is 16.2. The van der Waals surface area contributed by atoms with E-state index in [-0.39, 0.29) is 27.7 Å². The van der Waals surface area contributed by atoms with Gasteiger partial charge in [-0.1, -0.05) is 11.6 Å². The van der Waals surface area contributed by atoms with Gasteiger partial charge in [-0.15, -0.1) is 11.3 Å². The van der Waals surface area contributed by atoms with Crippen molar-refractivity contribution in [2.75, 3.05) is 11.1 Å². The van der Waals surface area contributed by atoms with Crippen molar-refractivity contribution in [2.45, 2.75) is 11.3 Å². The molecule has 0 saturated heterocycles. The summed E-state index contributed by atoms with van der Waals surface area (Å²) in [6.45, 7) is 0. The molecule has 0 saturated carbocycles. The van der Waals surface area contributed by atoms with E-state index in [9.17, 15) is 22.0 Å². The van der Waals surface area contributed by atoms with Gasteiger partial charge in [-0.2, -0.15) is 0 Å². The van der Waals surface area contributed by atoms with E-state index in [1.807, 2.05) is 0 Å². The third-order valence-corrected chi connectivity index (χ3v) is 6.47. The predicted octanol–water partition coefficient (Wildman–Crippen LogP) is 4.54. The number of thiazole rings is 1. The van der Waals surface area contributed by atoms with Gasteiger partial charge < -0.3 is 5.32 Å². The molecule has 3 rings (SSSR count). The van der Waals surface area contributed by atoms with Crippen LogP contribution in [0.3, 0.4) is 0 Å². The highest BCUT2D eigenvalue weighted by Gasteiger charge is 2.18. The van der Waals surface area contributed by atoms with Crippen LogP contribution in [0.25, 0.3) is 11.3 Å². The molecule has 1 heterocycles. The Labute approximate surface area is 168 Å². The molecule has 146 valence electrons. The van der Waals surface area contributed by atoms with E-state index in [0.717, 1.165) is 29.5 Å². The van der Waals surface area contributed by atoms with Gasteiger partial charge >= 0.3 is 0 Å². The molecule has 0 spiro atoms. The van der Waals surface area contributed by atoms with Gasteiger partial charge in [-0.25, -0.2) is 22.2 Å². The van der Waals surface area contributed by atoms with Crippen LogP contribution in [0.1, 0.15) is 6.42 Å². The number of hydrogen-bond donors (Lipinski definition) is 1. The monoisotopic (exact) mass is 442 g/mol. The number of halogens is 3. The zero-order valence-electron chi connectivity index (χ0n) is 14.2. The van der Waals surface area contributed by atoms with Crippen molar-refractivity contribution in [1.29, 1.82) is 0 Å². The van der Waals surface area contributed by atoms with E-state index < -0.39 is 33.1 Å². The third-order valence-electron chi connectivity index (χ3n) is 3.73. The molecule has 0 unspecified atom stereocenters. The lowest BCUT2D eigenvalue weighted by Gasteiger charge is -2.05. The Balaban J connectivity index is 1.63.